The molecule has 1 unspecified atom stereocenters. The molecular formula is C12H17ClN2O2. The number of nitrogens with one attached hydrogen (secondary N) is 1. The third kappa shape index (κ3) is 4.00. The van der Waals surface area contributed by atoms with Crippen molar-refractivity contribution < 1.29 is 9.53 Å². The second kappa shape index (κ2) is 6.59. The van der Waals surface area contributed by atoms with E-state index >= 15 is 0 Å². The van der Waals surface area contributed by atoms with Crippen molar-refractivity contribution in [3.8, 4) is 0 Å². The molecule has 0 aliphatic heterocycles. The van der Waals surface area contributed by atoms with Gasteiger partial charge in [-0.25, -0.2) is 0 Å². The average molecular weight is 257 g/mol. The number of carbonyl (C=O) groups is 1. The van der Waals surface area contributed by atoms with Crippen molar-refractivity contribution >= 4 is 17.5 Å². The number of ether oxygens (including phenoxy) is 1. The first kappa shape index (κ1) is 14.0. The van der Waals surface area contributed by atoms with Crippen LogP contribution < -0.4 is 11.1 Å². The summed E-state index contributed by atoms with van der Waals surface area (Å²) in [4.78, 5) is 11.7. The SMILES string of the molecule is COC(CN)C(=O)N[C@H](C)c1ccc(Cl)cc1. The lowest BCUT2D eigenvalue weighted by Crippen LogP contribution is -2.41. The normalized spacial score (nSPS) is 14.1. The quantitative estimate of drug-likeness (QED) is 0.839. The molecule has 3 N–H and O–H groups in total. The molecule has 0 radical (unpaired) electrons. The lowest BCUT2D eigenvalue weighted by molar-refractivity contribution is -0.131. The first-order valence-electron chi connectivity index (χ1n) is 5.37. The first-order valence-corrected chi connectivity index (χ1v) is 5.75. The van der Waals surface area contributed by atoms with E-state index in [9.17, 15) is 4.79 Å². The van der Waals surface area contributed by atoms with Gasteiger partial charge in [0.1, 0.15) is 6.10 Å². The molecule has 0 aromatic heterocycles. The van der Waals surface area contributed by atoms with Gasteiger partial charge in [-0.05, 0) is 24.6 Å². The van der Waals surface area contributed by atoms with Gasteiger partial charge in [0.25, 0.3) is 5.91 Å². The smallest absolute Gasteiger partial charge is 0.250 e. The predicted molar refractivity (Wildman–Crippen MR) is 67.9 cm³/mol. The number of hydrogen-bond acceptors (Lipinski definition) is 3. The molecule has 0 saturated heterocycles. The highest BCUT2D eigenvalue weighted by molar-refractivity contribution is 6.30. The number of benzene rings is 1. The molecule has 0 fully saturated rings. The third-order valence-corrected chi connectivity index (χ3v) is 2.77. The number of amides is 1. The van der Waals surface area contributed by atoms with Crippen LogP contribution in [-0.2, 0) is 9.53 Å². The molecule has 0 bridgehead atoms. The maximum absolute atomic E-state index is 11.7. The standard InChI is InChI=1S/C12H17ClN2O2/c1-8(9-3-5-10(13)6-4-9)15-12(16)11(7-14)17-2/h3-6,8,11H,7,14H2,1-2H3,(H,15,16)/t8-,11?/m1/s1. The van der Waals surface area contributed by atoms with Crippen molar-refractivity contribution in [2.75, 3.05) is 13.7 Å². The Hall–Kier alpha value is -1.10. The van der Waals surface area contributed by atoms with Crippen LogP contribution in [0.5, 0.6) is 0 Å². The van der Waals surface area contributed by atoms with E-state index in [1.165, 1.54) is 7.11 Å². The molecule has 2 atom stereocenters. The lowest BCUT2D eigenvalue weighted by atomic mass is 10.1. The van der Waals surface area contributed by atoms with Crippen molar-refractivity contribution in [3.05, 3.63) is 34.9 Å². The zero-order valence-corrected chi connectivity index (χ0v) is 10.7. The largest absolute Gasteiger partial charge is 0.370 e. The Kier molecular flexibility index (Phi) is 5.41. The zero-order valence-electron chi connectivity index (χ0n) is 9.94. The summed E-state index contributed by atoms with van der Waals surface area (Å²) < 4.78 is 4.96. The Bertz CT molecular complexity index is 363. The van der Waals surface area contributed by atoms with Crippen molar-refractivity contribution in [2.45, 2.75) is 19.1 Å². The van der Waals surface area contributed by atoms with Crippen LogP contribution >= 0.6 is 11.6 Å². The summed E-state index contributed by atoms with van der Waals surface area (Å²) >= 11 is 5.79. The van der Waals surface area contributed by atoms with E-state index in [1.807, 2.05) is 19.1 Å². The summed E-state index contributed by atoms with van der Waals surface area (Å²) in [6, 6.07) is 7.21. The Labute approximate surface area is 106 Å². The molecule has 0 aliphatic rings. The highest BCUT2D eigenvalue weighted by Gasteiger charge is 2.18. The molecule has 1 amide bonds. The number of hydrogen-bond donors (Lipinski definition) is 2. The fourth-order valence-electron chi connectivity index (χ4n) is 1.45. The Morgan fingerprint density at radius 2 is 2.06 bits per heavy atom. The summed E-state index contributed by atoms with van der Waals surface area (Å²) in [7, 11) is 1.46. The minimum Gasteiger partial charge on any atom is -0.370 e. The molecule has 1 aromatic rings. The summed E-state index contributed by atoms with van der Waals surface area (Å²) in [6.45, 7) is 2.06. The monoisotopic (exact) mass is 256 g/mol. The maximum Gasteiger partial charge on any atom is 0.250 e. The van der Waals surface area contributed by atoms with Gasteiger partial charge >= 0.3 is 0 Å². The van der Waals surface area contributed by atoms with Gasteiger partial charge in [-0.3, -0.25) is 4.79 Å². The molecule has 0 saturated carbocycles. The molecule has 17 heavy (non-hydrogen) atoms. The Balaban J connectivity index is 2.62. The lowest BCUT2D eigenvalue weighted by Gasteiger charge is -2.18. The minimum absolute atomic E-state index is 0.107. The van der Waals surface area contributed by atoms with E-state index in [-0.39, 0.29) is 18.5 Å². The van der Waals surface area contributed by atoms with E-state index in [0.717, 1.165) is 5.56 Å². The average Bonchev–Trinajstić information content (AvgIpc) is 2.31. The molecule has 0 aliphatic carbocycles. The highest BCUT2D eigenvalue weighted by Crippen LogP contribution is 2.16. The maximum atomic E-state index is 11.7. The molecule has 0 spiro atoms. The fraction of sp³-hybridized carbons (Fsp3) is 0.417. The summed E-state index contributed by atoms with van der Waals surface area (Å²) in [5.41, 5.74) is 6.40. The number of halogens is 1. The Morgan fingerprint density at radius 3 is 2.53 bits per heavy atom. The molecule has 1 rings (SSSR count). The van der Waals surface area contributed by atoms with Gasteiger partial charge in [0.15, 0.2) is 0 Å². The van der Waals surface area contributed by atoms with E-state index in [1.54, 1.807) is 12.1 Å². The van der Waals surface area contributed by atoms with Gasteiger partial charge in [-0.2, -0.15) is 0 Å². The van der Waals surface area contributed by atoms with Crippen LogP contribution in [0.25, 0.3) is 0 Å². The van der Waals surface area contributed by atoms with Crippen molar-refractivity contribution in [2.24, 2.45) is 5.73 Å². The van der Waals surface area contributed by atoms with Crippen molar-refractivity contribution in [3.63, 3.8) is 0 Å². The third-order valence-electron chi connectivity index (χ3n) is 2.52. The molecule has 5 heteroatoms. The molecule has 94 valence electrons. The van der Waals surface area contributed by atoms with Crippen LogP contribution in [0.4, 0.5) is 0 Å². The van der Waals surface area contributed by atoms with Crippen LogP contribution in [0, 0.1) is 0 Å². The Morgan fingerprint density at radius 1 is 1.47 bits per heavy atom. The van der Waals surface area contributed by atoms with Crippen LogP contribution in [0.15, 0.2) is 24.3 Å². The van der Waals surface area contributed by atoms with E-state index in [2.05, 4.69) is 5.32 Å². The second-order valence-electron chi connectivity index (χ2n) is 3.74. The van der Waals surface area contributed by atoms with Gasteiger partial charge in [-0.15, -0.1) is 0 Å². The van der Waals surface area contributed by atoms with Crippen LogP contribution in [0.3, 0.4) is 0 Å². The molecule has 0 heterocycles. The molecular weight excluding hydrogens is 240 g/mol. The van der Waals surface area contributed by atoms with Gasteiger partial charge in [0.05, 0.1) is 6.04 Å². The van der Waals surface area contributed by atoms with Gasteiger partial charge in [-0.1, -0.05) is 23.7 Å². The van der Waals surface area contributed by atoms with Gasteiger partial charge in [0.2, 0.25) is 0 Å². The minimum atomic E-state index is -0.607. The summed E-state index contributed by atoms with van der Waals surface area (Å²) in [6.07, 6.45) is -0.607. The van der Waals surface area contributed by atoms with Gasteiger partial charge < -0.3 is 15.8 Å². The van der Waals surface area contributed by atoms with Crippen molar-refractivity contribution in [1.29, 1.82) is 0 Å². The topological polar surface area (TPSA) is 64.3 Å². The highest BCUT2D eigenvalue weighted by atomic mass is 35.5. The number of methoxy groups -OCH3 is 1. The van der Waals surface area contributed by atoms with E-state index in [4.69, 9.17) is 22.1 Å². The van der Waals surface area contributed by atoms with Crippen LogP contribution in [0.1, 0.15) is 18.5 Å². The molecule has 1 aromatic carbocycles. The number of nitrogens with two attached hydrogens (primary N) is 1. The van der Waals surface area contributed by atoms with E-state index in [0.29, 0.717) is 5.02 Å². The number of rotatable bonds is 5. The zero-order chi connectivity index (χ0) is 12.8. The predicted octanol–water partition coefficient (Wildman–Crippen LogP) is 1.49. The van der Waals surface area contributed by atoms with E-state index < -0.39 is 6.10 Å². The first-order chi connectivity index (χ1) is 8.08. The van der Waals surface area contributed by atoms with Crippen molar-refractivity contribution in [1.82, 2.24) is 5.32 Å². The summed E-state index contributed by atoms with van der Waals surface area (Å²) in [5.74, 6) is -0.211. The second-order valence-corrected chi connectivity index (χ2v) is 4.18. The fourth-order valence-corrected chi connectivity index (χ4v) is 1.58. The van der Waals surface area contributed by atoms with Crippen LogP contribution in [-0.4, -0.2) is 25.7 Å². The molecule has 4 nitrogen and oxygen atoms in total. The van der Waals surface area contributed by atoms with Gasteiger partial charge in [0, 0.05) is 18.7 Å². The number of carbonyl (C=O) groups excluding carboxylic acids is 1. The van der Waals surface area contributed by atoms with Crippen LogP contribution in [0.2, 0.25) is 5.02 Å². The summed E-state index contributed by atoms with van der Waals surface area (Å²) in [5, 5.41) is 3.50.